The van der Waals surface area contributed by atoms with Crippen molar-refractivity contribution in [3.05, 3.63) is 72.0 Å². The van der Waals surface area contributed by atoms with Crippen molar-refractivity contribution in [3.63, 3.8) is 0 Å². The van der Waals surface area contributed by atoms with Gasteiger partial charge >= 0.3 is 0 Å². The lowest BCUT2D eigenvalue weighted by molar-refractivity contribution is 0.172. The highest BCUT2D eigenvalue weighted by atomic mass is 32.2. The largest absolute Gasteiger partial charge is 0.492 e. The van der Waals surface area contributed by atoms with E-state index in [1.165, 1.54) is 18.2 Å². The number of nitrogens with zero attached hydrogens (tertiary/aromatic N) is 1. The number of ether oxygens (including phenoxy) is 2. The zero-order valence-corrected chi connectivity index (χ0v) is 20.2. The third-order valence-corrected chi connectivity index (χ3v) is 6.74. The molecule has 1 atom stereocenters. The van der Waals surface area contributed by atoms with Crippen LogP contribution in [0.25, 0.3) is 10.9 Å². The molecular formula is C24H26FN5O5S. The second kappa shape index (κ2) is 10.8. The van der Waals surface area contributed by atoms with E-state index in [0.29, 0.717) is 30.3 Å². The van der Waals surface area contributed by atoms with Crippen molar-refractivity contribution in [1.29, 1.82) is 0 Å². The normalized spacial score (nSPS) is 12.4. The minimum absolute atomic E-state index is 0.123. The number of aromatic amines is 1. The third-order valence-electron chi connectivity index (χ3n) is 5.35. The lowest BCUT2D eigenvalue weighted by atomic mass is 10.1. The van der Waals surface area contributed by atoms with Gasteiger partial charge in [-0.2, -0.15) is 0 Å². The Bertz CT molecular complexity index is 1460. The van der Waals surface area contributed by atoms with E-state index < -0.39 is 26.8 Å². The summed E-state index contributed by atoms with van der Waals surface area (Å²) in [5, 5.41) is 21.4. The molecule has 0 spiro atoms. The third kappa shape index (κ3) is 5.85. The Kier molecular flexibility index (Phi) is 7.58. The van der Waals surface area contributed by atoms with Gasteiger partial charge in [-0.1, -0.05) is 12.1 Å². The number of benzene rings is 3. The van der Waals surface area contributed by atoms with E-state index in [2.05, 4.69) is 20.2 Å². The van der Waals surface area contributed by atoms with Crippen LogP contribution in [0.2, 0.25) is 0 Å². The number of aliphatic hydroxyl groups excluding tert-OH is 1. The number of fused-ring (bicyclic) bond motifs is 1. The van der Waals surface area contributed by atoms with Crippen LogP contribution in [0.15, 0.2) is 65.6 Å². The Labute approximate surface area is 207 Å². The number of methoxy groups -OCH3 is 1. The second-order valence-corrected chi connectivity index (χ2v) is 9.58. The Morgan fingerprint density at radius 3 is 2.81 bits per heavy atom. The first-order chi connectivity index (χ1) is 17.3. The van der Waals surface area contributed by atoms with Crippen LogP contribution in [-0.2, 0) is 10.0 Å². The molecule has 12 heteroatoms. The molecule has 0 amide bonds. The zero-order valence-electron chi connectivity index (χ0n) is 19.4. The first-order valence-electron chi connectivity index (χ1n) is 11.0. The van der Waals surface area contributed by atoms with E-state index >= 15 is 0 Å². The number of nitrogens with two attached hydrogens (primary N) is 1. The number of hydrogen-bond donors (Lipinski definition) is 5. The standard InChI is InChI=1S/C24H26FN5O5S/c1-34-24-19-7-6-18(13-21(19)28-29-24)35-10-9-27-14-22(31)15-3-2-4-17(11-15)30-36(32,33)23-12-16(26)5-8-20(23)25/h2-8,11-13,22,27,30-31H,9-10,14,26H2,1H3,(H,28,29). The van der Waals surface area contributed by atoms with Gasteiger partial charge in [0.15, 0.2) is 0 Å². The predicted octanol–water partition coefficient (Wildman–Crippen LogP) is 2.80. The summed E-state index contributed by atoms with van der Waals surface area (Å²) in [6.07, 6.45) is -0.910. The molecule has 1 aromatic heterocycles. The van der Waals surface area contributed by atoms with E-state index in [-0.39, 0.29) is 17.9 Å². The van der Waals surface area contributed by atoms with Crippen LogP contribution in [-0.4, -0.2) is 50.5 Å². The van der Waals surface area contributed by atoms with Crippen LogP contribution in [0.5, 0.6) is 11.6 Å². The monoisotopic (exact) mass is 515 g/mol. The van der Waals surface area contributed by atoms with E-state index in [0.717, 1.165) is 23.0 Å². The van der Waals surface area contributed by atoms with Crippen molar-refractivity contribution >= 4 is 32.3 Å². The molecule has 0 saturated carbocycles. The fraction of sp³-hybridized carbons (Fsp3) is 0.208. The number of sulfonamides is 1. The summed E-state index contributed by atoms with van der Waals surface area (Å²) in [7, 11) is -2.65. The number of nitrogen functional groups attached to an aromatic ring is 1. The van der Waals surface area contributed by atoms with Crippen LogP contribution in [0, 0.1) is 5.82 Å². The van der Waals surface area contributed by atoms with Gasteiger partial charge in [-0.25, -0.2) is 12.8 Å². The van der Waals surface area contributed by atoms with Crippen molar-refractivity contribution < 1.29 is 27.4 Å². The SMILES string of the molecule is COc1n[nH]c2cc(OCCNCC(O)c3cccc(NS(=O)(=O)c4cc(N)ccc4F)c3)ccc12. The van der Waals surface area contributed by atoms with Gasteiger partial charge in [0.25, 0.3) is 10.0 Å². The second-order valence-electron chi connectivity index (χ2n) is 7.93. The predicted molar refractivity (Wildman–Crippen MR) is 134 cm³/mol. The number of aromatic nitrogens is 2. The minimum Gasteiger partial charge on any atom is -0.492 e. The van der Waals surface area contributed by atoms with Gasteiger partial charge in [0.1, 0.15) is 23.1 Å². The molecule has 0 aliphatic rings. The maximum absolute atomic E-state index is 14.0. The van der Waals surface area contributed by atoms with Gasteiger partial charge in [0.2, 0.25) is 5.88 Å². The number of H-pyrrole nitrogens is 1. The first kappa shape index (κ1) is 25.2. The summed E-state index contributed by atoms with van der Waals surface area (Å²) < 4.78 is 52.4. The number of halogens is 1. The van der Waals surface area contributed by atoms with Crippen molar-refractivity contribution in [1.82, 2.24) is 15.5 Å². The number of anilines is 2. The van der Waals surface area contributed by atoms with E-state index in [1.807, 2.05) is 18.2 Å². The molecular weight excluding hydrogens is 489 g/mol. The van der Waals surface area contributed by atoms with Crippen LogP contribution >= 0.6 is 0 Å². The summed E-state index contributed by atoms with van der Waals surface area (Å²) >= 11 is 0. The Morgan fingerprint density at radius 1 is 1.17 bits per heavy atom. The molecule has 6 N–H and O–H groups in total. The van der Waals surface area contributed by atoms with Crippen molar-refractivity contribution in [2.24, 2.45) is 0 Å². The summed E-state index contributed by atoms with van der Waals surface area (Å²) in [6.45, 7) is 1.03. The molecule has 1 unspecified atom stereocenters. The highest BCUT2D eigenvalue weighted by molar-refractivity contribution is 7.92. The number of hydrogen-bond acceptors (Lipinski definition) is 8. The lowest BCUT2D eigenvalue weighted by Crippen LogP contribution is -2.26. The van der Waals surface area contributed by atoms with Gasteiger partial charge in [-0.3, -0.25) is 9.82 Å². The van der Waals surface area contributed by atoms with E-state index in [9.17, 15) is 17.9 Å². The molecule has 0 saturated heterocycles. The fourth-order valence-corrected chi connectivity index (χ4v) is 4.73. The van der Waals surface area contributed by atoms with Crippen molar-refractivity contribution in [2.75, 3.05) is 37.3 Å². The lowest BCUT2D eigenvalue weighted by Gasteiger charge is -2.15. The molecule has 0 bridgehead atoms. The molecule has 3 aromatic carbocycles. The van der Waals surface area contributed by atoms with Crippen LogP contribution < -0.4 is 25.2 Å². The molecule has 4 aromatic rings. The molecule has 10 nitrogen and oxygen atoms in total. The maximum atomic E-state index is 14.0. The Balaban J connectivity index is 1.29. The van der Waals surface area contributed by atoms with Crippen LogP contribution in [0.4, 0.5) is 15.8 Å². The topological polar surface area (TPSA) is 152 Å². The molecule has 190 valence electrons. The molecule has 0 aliphatic heterocycles. The summed E-state index contributed by atoms with van der Waals surface area (Å²) in [4.78, 5) is -0.555. The van der Waals surface area contributed by atoms with Gasteiger partial charge in [0, 0.05) is 30.5 Å². The van der Waals surface area contributed by atoms with Crippen molar-refractivity contribution in [3.8, 4) is 11.6 Å². The molecule has 0 radical (unpaired) electrons. The fourth-order valence-electron chi connectivity index (χ4n) is 3.56. The zero-order chi connectivity index (χ0) is 25.7. The number of rotatable bonds is 11. The number of nitrogens with one attached hydrogen (secondary N) is 3. The Morgan fingerprint density at radius 2 is 2.00 bits per heavy atom. The number of aliphatic hydroxyl groups is 1. The highest BCUT2D eigenvalue weighted by Crippen LogP contribution is 2.26. The van der Waals surface area contributed by atoms with E-state index in [4.69, 9.17) is 15.2 Å². The average Bonchev–Trinajstić information content (AvgIpc) is 3.27. The highest BCUT2D eigenvalue weighted by Gasteiger charge is 2.20. The summed E-state index contributed by atoms with van der Waals surface area (Å²) in [6, 6.07) is 15.1. The molecule has 0 fully saturated rings. The van der Waals surface area contributed by atoms with Crippen LogP contribution in [0.1, 0.15) is 11.7 Å². The van der Waals surface area contributed by atoms with Gasteiger partial charge in [-0.05, 0) is 48.0 Å². The molecule has 36 heavy (non-hydrogen) atoms. The molecule has 1 heterocycles. The average molecular weight is 516 g/mol. The minimum atomic E-state index is -4.21. The van der Waals surface area contributed by atoms with Crippen LogP contribution in [0.3, 0.4) is 0 Å². The smallest absolute Gasteiger partial charge is 0.264 e. The quantitative estimate of drug-likeness (QED) is 0.151. The van der Waals surface area contributed by atoms with E-state index in [1.54, 1.807) is 19.2 Å². The van der Waals surface area contributed by atoms with Gasteiger partial charge < -0.3 is 25.6 Å². The summed E-state index contributed by atoms with van der Waals surface area (Å²) in [5.41, 5.74) is 7.18. The first-order valence-corrected chi connectivity index (χ1v) is 12.5. The van der Waals surface area contributed by atoms with Crippen molar-refractivity contribution in [2.45, 2.75) is 11.0 Å². The Hall–Kier alpha value is -3.87. The summed E-state index contributed by atoms with van der Waals surface area (Å²) in [5.74, 6) is 0.261. The molecule has 0 aliphatic carbocycles. The van der Waals surface area contributed by atoms with Gasteiger partial charge in [0.05, 0.1) is 24.1 Å². The van der Waals surface area contributed by atoms with Gasteiger partial charge in [-0.15, -0.1) is 5.10 Å². The molecule has 4 rings (SSSR count). The maximum Gasteiger partial charge on any atom is 0.264 e.